The average molecular weight is 166 g/mol. The van der Waals surface area contributed by atoms with Crippen molar-refractivity contribution < 1.29 is 4.74 Å². The summed E-state index contributed by atoms with van der Waals surface area (Å²) in [6.45, 7) is 7.14. The van der Waals surface area contributed by atoms with Gasteiger partial charge in [0.05, 0.1) is 12.2 Å². The molecule has 1 heteroatoms. The summed E-state index contributed by atoms with van der Waals surface area (Å²) in [5, 5.41) is 0. The molecule has 12 heavy (non-hydrogen) atoms. The Hall–Kier alpha value is -0.300. The summed E-state index contributed by atoms with van der Waals surface area (Å²) < 4.78 is 5.61. The molecule has 0 aromatic carbocycles. The van der Waals surface area contributed by atoms with Crippen molar-refractivity contribution in [3.8, 4) is 0 Å². The molecule has 0 bridgehead atoms. The minimum absolute atomic E-state index is 0.317. The summed E-state index contributed by atoms with van der Waals surface area (Å²) in [5.74, 6) is 0.781. The molecule has 2 atom stereocenters. The summed E-state index contributed by atoms with van der Waals surface area (Å²) in [4.78, 5) is 0. The van der Waals surface area contributed by atoms with Crippen LogP contribution in [0.3, 0.4) is 0 Å². The Morgan fingerprint density at radius 1 is 1.58 bits per heavy atom. The van der Waals surface area contributed by atoms with Crippen LogP contribution >= 0.6 is 0 Å². The smallest absolute Gasteiger partial charge is 0.0947 e. The van der Waals surface area contributed by atoms with E-state index >= 15 is 0 Å². The number of hydrogen-bond donors (Lipinski definition) is 0. The fourth-order valence-electron chi connectivity index (χ4n) is 2.46. The predicted molar refractivity (Wildman–Crippen MR) is 50.1 cm³/mol. The fraction of sp³-hybridized carbons (Fsp3) is 0.818. The molecule has 1 heterocycles. The molecule has 1 nitrogen and oxygen atoms in total. The number of rotatable bonds is 2. The van der Waals surface area contributed by atoms with Crippen LogP contribution in [0.15, 0.2) is 12.2 Å². The Kier molecular flexibility index (Phi) is 1.99. The van der Waals surface area contributed by atoms with Crippen molar-refractivity contribution in [1.82, 2.24) is 0 Å². The van der Waals surface area contributed by atoms with Crippen LogP contribution in [0.4, 0.5) is 0 Å². The van der Waals surface area contributed by atoms with Gasteiger partial charge in [0.25, 0.3) is 0 Å². The topological polar surface area (TPSA) is 12.5 Å². The largest absolute Gasteiger partial charge is 0.369 e. The summed E-state index contributed by atoms with van der Waals surface area (Å²) in [7, 11) is 0. The Bertz CT molecular complexity index is 191. The highest BCUT2D eigenvalue weighted by Gasteiger charge is 2.51. The molecule has 0 unspecified atom stereocenters. The van der Waals surface area contributed by atoms with Crippen LogP contribution in [-0.2, 0) is 4.74 Å². The summed E-state index contributed by atoms with van der Waals surface area (Å²) >= 11 is 0. The van der Waals surface area contributed by atoms with Crippen molar-refractivity contribution in [1.29, 1.82) is 0 Å². The minimum atomic E-state index is 0.317. The molecule has 68 valence electrons. The first kappa shape index (κ1) is 8.31. The molecule has 0 N–H and O–H groups in total. The average Bonchev–Trinajstić information content (AvgIpc) is 2.75. The Morgan fingerprint density at radius 3 is 2.92 bits per heavy atom. The molecule has 1 aliphatic carbocycles. The first-order chi connectivity index (χ1) is 5.73. The van der Waals surface area contributed by atoms with E-state index in [9.17, 15) is 0 Å². The lowest BCUT2D eigenvalue weighted by atomic mass is 9.76. The van der Waals surface area contributed by atoms with Crippen LogP contribution in [0.5, 0.6) is 0 Å². The first-order valence-electron chi connectivity index (χ1n) is 5.01. The zero-order chi connectivity index (χ0) is 8.60. The van der Waals surface area contributed by atoms with Gasteiger partial charge in [-0.05, 0) is 32.1 Å². The highest BCUT2D eigenvalue weighted by atomic mass is 16.6. The van der Waals surface area contributed by atoms with Gasteiger partial charge in [-0.3, -0.25) is 0 Å². The maximum Gasteiger partial charge on any atom is 0.0947 e. The molecule has 0 aromatic heterocycles. The third-order valence-corrected chi connectivity index (χ3v) is 3.26. The lowest BCUT2D eigenvalue weighted by Crippen LogP contribution is -2.28. The second kappa shape index (κ2) is 2.88. The monoisotopic (exact) mass is 166 g/mol. The molecule has 2 aliphatic rings. The van der Waals surface area contributed by atoms with E-state index < -0.39 is 0 Å². The Balaban J connectivity index is 1.97. The molecule has 0 amide bonds. The van der Waals surface area contributed by atoms with E-state index in [2.05, 4.69) is 13.5 Å². The number of allylic oxidation sites excluding steroid dienone is 1. The number of epoxide rings is 1. The number of ether oxygens (including phenoxy) is 1. The highest BCUT2D eigenvalue weighted by molar-refractivity contribution is 5.05. The number of hydrogen-bond acceptors (Lipinski definition) is 1. The Morgan fingerprint density at radius 2 is 2.33 bits per heavy atom. The molecule has 1 saturated carbocycles. The second-order valence-electron chi connectivity index (χ2n) is 4.46. The summed E-state index contributed by atoms with van der Waals surface area (Å²) in [6, 6.07) is 0. The third-order valence-electron chi connectivity index (χ3n) is 3.26. The van der Waals surface area contributed by atoms with Gasteiger partial charge in [-0.2, -0.15) is 0 Å². The van der Waals surface area contributed by atoms with Crippen molar-refractivity contribution in [3.63, 3.8) is 0 Å². The van der Waals surface area contributed by atoms with Crippen molar-refractivity contribution in [2.24, 2.45) is 5.92 Å². The molecular weight excluding hydrogens is 148 g/mol. The van der Waals surface area contributed by atoms with Gasteiger partial charge in [-0.25, -0.2) is 0 Å². The lowest BCUT2D eigenvalue weighted by Gasteiger charge is -2.28. The van der Waals surface area contributed by atoms with E-state index in [-0.39, 0.29) is 0 Å². The molecule has 2 rings (SSSR count). The van der Waals surface area contributed by atoms with Crippen molar-refractivity contribution in [3.05, 3.63) is 12.2 Å². The fourth-order valence-corrected chi connectivity index (χ4v) is 2.46. The van der Waals surface area contributed by atoms with Crippen LogP contribution in [0.25, 0.3) is 0 Å². The van der Waals surface area contributed by atoms with E-state index in [1.165, 1.54) is 37.7 Å². The first-order valence-corrected chi connectivity index (χ1v) is 5.01. The standard InChI is InChI=1S/C11H18O/c1-9(2)7-10-5-3-4-6-11(10)8-12-11/h10H,1,3-8H2,2H3/t10-,11+/m0/s1. The van der Waals surface area contributed by atoms with E-state index in [4.69, 9.17) is 4.74 Å². The molecule has 0 radical (unpaired) electrons. The van der Waals surface area contributed by atoms with Crippen LogP contribution in [0, 0.1) is 5.92 Å². The second-order valence-corrected chi connectivity index (χ2v) is 4.46. The molecule has 2 fully saturated rings. The van der Waals surface area contributed by atoms with E-state index in [1.807, 2.05) is 0 Å². The molecule has 1 spiro atoms. The van der Waals surface area contributed by atoms with Gasteiger partial charge in [-0.1, -0.05) is 18.4 Å². The SMILES string of the molecule is C=C(C)C[C@@H]1CCCC[C@@]12CO2. The van der Waals surface area contributed by atoms with E-state index in [0.29, 0.717) is 5.60 Å². The van der Waals surface area contributed by atoms with Gasteiger partial charge in [0.15, 0.2) is 0 Å². The van der Waals surface area contributed by atoms with Gasteiger partial charge in [-0.15, -0.1) is 6.58 Å². The lowest BCUT2D eigenvalue weighted by molar-refractivity contribution is 0.158. The van der Waals surface area contributed by atoms with Crippen molar-refractivity contribution >= 4 is 0 Å². The van der Waals surface area contributed by atoms with Gasteiger partial charge in [0.2, 0.25) is 0 Å². The van der Waals surface area contributed by atoms with Crippen LogP contribution < -0.4 is 0 Å². The zero-order valence-electron chi connectivity index (χ0n) is 7.94. The Labute approximate surface area is 74.8 Å². The third kappa shape index (κ3) is 1.42. The van der Waals surface area contributed by atoms with E-state index in [1.54, 1.807) is 0 Å². The minimum Gasteiger partial charge on any atom is -0.369 e. The highest BCUT2D eigenvalue weighted by Crippen LogP contribution is 2.48. The normalized spacial score (nSPS) is 39.9. The zero-order valence-corrected chi connectivity index (χ0v) is 7.94. The maximum absolute atomic E-state index is 5.61. The maximum atomic E-state index is 5.61. The van der Waals surface area contributed by atoms with Crippen molar-refractivity contribution in [2.75, 3.05) is 6.61 Å². The summed E-state index contributed by atoms with van der Waals surface area (Å²) in [6.07, 6.45) is 6.59. The molecule has 1 aliphatic heterocycles. The molecule has 0 aromatic rings. The quantitative estimate of drug-likeness (QED) is 0.454. The van der Waals surface area contributed by atoms with Gasteiger partial charge < -0.3 is 4.74 Å². The van der Waals surface area contributed by atoms with Crippen LogP contribution in [-0.4, -0.2) is 12.2 Å². The van der Waals surface area contributed by atoms with Gasteiger partial charge in [0, 0.05) is 0 Å². The molecule has 1 saturated heterocycles. The van der Waals surface area contributed by atoms with Gasteiger partial charge >= 0.3 is 0 Å². The van der Waals surface area contributed by atoms with Crippen LogP contribution in [0.1, 0.15) is 39.0 Å². The summed E-state index contributed by atoms with van der Waals surface area (Å²) in [5.41, 5.74) is 1.63. The molecular formula is C11H18O. The van der Waals surface area contributed by atoms with Gasteiger partial charge in [0.1, 0.15) is 0 Å². The predicted octanol–water partition coefficient (Wildman–Crippen LogP) is 2.91. The van der Waals surface area contributed by atoms with Crippen molar-refractivity contribution in [2.45, 2.75) is 44.6 Å². The van der Waals surface area contributed by atoms with E-state index in [0.717, 1.165) is 12.5 Å². The van der Waals surface area contributed by atoms with Crippen LogP contribution in [0.2, 0.25) is 0 Å².